The Labute approximate surface area is 157 Å². The first-order chi connectivity index (χ1) is 13.1. The topological polar surface area (TPSA) is 97.6 Å². The number of nitrogens with one attached hydrogen (secondary N) is 1. The molecule has 0 radical (unpaired) electrons. The molecule has 4 rings (SSSR count). The van der Waals surface area contributed by atoms with Crippen LogP contribution in [0, 0.1) is 0 Å². The van der Waals surface area contributed by atoms with Gasteiger partial charge in [-0.25, -0.2) is 0 Å². The van der Waals surface area contributed by atoms with Crippen LogP contribution in [0.2, 0.25) is 0 Å². The van der Waals surface area contributed by atoms with Crippen LogP contribution in [0.1, 0.15) is 28.8 Å². The number of nitrogens with two attached hydrogens (primary N) is 1. The number of hydrogen-bond donors (Lipinski definition) is 2. The van der Waals surface area contributed by atoms with Gasteiger partial charge in [0, 0.05) is 43.5 Å². The molecule has 0 saturated carbocycles. The highest BCUT2D eigenvalue weighted by molar-refractivity contribution is 6.07. The summed E-state index contributed by atoms with van der Waals surface area (Å²) in [6.45, 7) is 1.61. The van der Waals surface area contributed by atoms with E-state index < -0.39 is 5.54 Å². The Morgan fingerprint density at radius 2 is 2.04 bits per heavy atom. The maximum absolute atomic E-state index is 12.7. The molecule has 0 atom stereocenters. The zero-order valence-electron chi connectivity index (χ0n) is 15.0. The molecule has 0 unspecified atom stereocenters. The lowest BCUT2D eigenvalue weighted by atomic mass is 9.90. The number of anilines is 2. The van der Waals surface area contributed by atoms with Crippen LogP contribution in [0.4, 0.5) is 11.4 Å². The minimum atomic E-state index is -0.889. The molecule has 1 aromatic carbocycles. The fourth-order valence-corrected chi connectivity index (χ4v) is 3.55. The summed E-state index contributed by atoms with van der Waals surface area (Å²) in [6.07, 6.45) is 4.98. The lowest BCUT2D eigenvalue weighted by molar-refractivity contribution is -0.124. The molecule has 3 N–H and O–H groups in total. The van der Waals surface area contributed by atoms with E-state index in [0.29, 0.717) is 43.9 Å². The predicted molar refractivity (Wildman–Crippen MR) is 102 cm³/mol. The molecule has 2 amide bonds. The molecule has 140 valence electrons. The summed E-state index contributed by atoms with van der Waals surface area (Å²) < 4.78 is 5.29. The smallest absolute Gasteiger partial charge is 0.259 e. The highest BCUT2D eigenvalue weighted by atomic mass is 16.5. The van der Waals surface area contributed by atoms with Gasteiger partial charge in [-0.1, -0.05) is 0 Å². The van der Waals surface area contributed by atoms with Crippen molar-refractivity contribution in [3.63, 3.8) is 0 Å². The lowest BCUT2D eigenvalue weighted by Crippen LogP contribution is -2.54. The third kappa shape index (κ3) is 3.43. The second-order valence-corrected chi connectivity index (χ2v) is 7.01. The molecular formula is C20H22N4O3. The molecule has 1 fully saturated rings. The van der Waals surface area contributed by atoms with E-state index in [1.165, 1.54) is 0 Å². The number of carbonyl (C=O) groups is 2. The van der Waals surface area contributed by atoms with Gasteiger partial charge in [-0.3, -0.25) is 14.6 Å². The molecule has 2 aliphatic heterocycles. The number of pyridine rings is 1. The summed E-state index contributed by atoms with van der Waals surface area (Å²) in [5.41, 5.74) is 8.51. The predicted octanol–water partition coefficient (Wildman–Crippen LogP) is 1.73. The van der Waals surface area contributed by atoms with Gasteiger partial charge in [0.15, 0.2) is 0 Å². The van der Waals surface area contributed by atoms with Gasteiger partial charge in [-0.05, 0) is 55.2 Å². The molecule has 1 aromatic heterocycles. The molecule has 1 saturated heterocycles. The summed E-state index contributed by atoms with van der Waals surface area (Å²) in [5, 5.41) is 2.92. The second kappa shape index (κ2) is 7.09. The molecule has 2 aromatic rings. The van der Waals surface area contributed by atoms with E-state index >= 15 is 0 Å². The van der Waals surface area contributed by atoms with Crippen LogP contribution in [0.25, 0.3) is 0 Å². The van der Waals surface area contributed by atoms with Gasteiger partial charge >= 0.3 is 0 Å². The van der Waals surface area contributed by atoms with Crippen molar-refractivity contribution < 1.29 is 14.3 Å². The van der Waals surface area contributed by atoms with E-state index in [1.807, 2.05) is 18.2 Å². The van der Waals surface area contributed by atoms with Gasteiger partial charge in [-0.2, -0.15) is 0 Å². The maximum Gasteiger partial charge on any atom is 0.259 e. The van der Waals surface area contributed by atoms with Crippen molar-refractivity contribution in [2.24, 2.45) is 5.73 Å². The monoisotopic (exact) mass is 366 g/mol. The van der Waals surface area contributed by atoms with Gasteiger partial charge in [0.05, 0.1) is 5.56 Å². The van der Waals surface area contributed by atoms with Gasteiger partial charge < -0.3 is 20.7 Å². The quantitative estimate of drug-likeness (QED) is 0.862. The summed E-state index contributed by atoms with van der Waals surface area (Å²) in [6, 6.07) is 9.12. The standard InChI is InChI=1S/C20H22N4O3/c21-20(6-10-27-11-7-20)19(26)23-16-3-4-17-14(12-16)5-9-24(17)18(25)15-2-1-8-22-13-15/h1-4,8,12-13H,5-7,9-11,21H2,(H,23,26). The fourth-order valence-electron chi connectivity index (χ4n) is 3.55. The van der Waals surface area contributed by atoms with E-state index in [2.05, 4.69) is 10.3 Å². The van der Waals surface area contributed by atoms with Crippen LogP contribution >= 0.6 is 0 Å². The Morgan fingerprint density at radius 1 is 1.22 bits per heavy atom. The Bertz CT molecular complexity index is 863. The minimum absolute atomic E-state index is 0.0678. The minimum Gasteiger partial charge on any atom is -0.381 e. The van der Waals surface area contributed by atoms with Crippen LogP contribution in [0.5, 0.6) is 0 Å². The summed E-state index contributed by atoms with van der Waals surface area (Å²) in [7, 11) is 0. The Kier molecular flexibility index (Phi) is 4.63. The summed E-state index contributed by atoms with van der Waals surface area (Å²) >= 11 is 0. The van der Waals surface area contributed by atoms with Crippen molar-refractivity contribution in [2.75, 3.05) is 30.0 Å². The Hall–Kier alpha value is -2.77. The van der Waals surface area contributed by atoms with Crippen LogP contribution in [0.3, 0.4) is 0 Å². The van der Waals surface area contributed by atoms with Crippen LogP contribution in [-0.4, -0.2) is 42.1 Å². The maximum atomic E-state index is 12.7. The van der Waals surface area contributed by atoms with Crippen molar-refractivity contribution in [1.82, 2.24) is 4.98 Å². The highest BCUT2D eigenvalue weighted by Gasteiger charge is 2.36. The number of aromatic nitrogens is 1. The zero-order chi connectivity index (χ0) is 18.9. The van der Waals surface area contributed by atoms with Crippen molar-refractivity contribution >= 4 is 23.2 Å². The van der Waals surface area contributed by atoms with Gasteiger partial charge in [0.2, 0.25) is 5.91 Å². The van der Waals surface area contributed by atoms with Crippen molar-refractivity contribution in [2.45, 2.75) is 24.8 Å². The third-order valence-corrected chi connectivity index (χ3v) is 5.22. The molecule has 0 spiro atoms. The van der Waals surface area contributed by atoms with E-state index in [0.717, 1.165) is 17.7 Å². The van der Waals surface area contributed by atoms with Crippen LogP contribution in [0.15, 0.2) is 42.7 Å². The van der Waals surface area contributed by atoms with E-state index in [1.54, 1.807) is 29.4 Å². The van der Waals surface area contributed by atoms with Crippen molar-refractivity contribution in [3.8, 4) is 0 Å². The molecule has 7 heteroatoms. The molecule has 27 heavy (non-hydrogen) atoms. The molecule has 0 bridgehead atoms. The number of fused-ring (bicyclic) bond motifs is 1. The molecular weight excluding hydrogens is 344 g/mol. The first kappa shape index (κ1) is 17.6. The zero-order valence-corrected chi connectivity index (χ0v) is 15.0. The number of rotatable bonds is 3. The second-order valence-electron chi connectivity index (χ2n) is 7.01. The average molecular weight is 366 g/mol. The molecule has 7 nitrogen and oxygen atoms in total. The normalized spacial score (nSPS) is 18.0. The van der Waals surface area contributed by atoms with Gasteiger partial charge in [-0.15, -0.1) is 0 Å². The molecule has 3 heterocycles. The lowest BCUT2D eigenvalue weighted by Gasteiger charge is -2.31. The summed E-state index contributed by atoms with van der Waals surface area (Å²) in [4.78, 5) is 31.1. The SMILES string of the molecule is NC1(C(=O)Nc2ccc3c(c2)CCN3C(=O)c2cccnc2)CCOCC1. The third-order valence-electron chi connectivity index (χ3n) is 5.22. The van der Waals surface area contributed by atoms with Crippen LogP contribution in [-0.2, 0) is 16.0 Å². The fraction of sp³-hybridized carbons (Fsp3) is 0.350. The first-order valence-corrected chi connectivity index (χ1v) is 9.10. The number of hydrogen-bond acceptors (Lipinski definition) is 5. The molecule has 2 aliphatic rings. The molecule has 0 aliphatic carbocycles. The number of amides is 2. The largest absolute Gasteiger partial charge is 0.381 e. The Balaban J connectivity index is 1.50. The van der Waals surface area contributed by atoms with Gasteiger partial charge in [0.1, 0.15) is 5.54 Å². The van der Waals surface area contributed by atoms with Crippen LogP contribution < -0.4 is 16.0 Å². The number of nitrogens with zero attached hydrogens (tertiary/aromatic N) is 2. The van der Waals surface area contributed by atoms with Gasteiger partial charge in [0.25, 0.3) is 5.91 Å². The van der Waals surface area contributed by atoms with E-state index in [4.69, 9.17) is 10.5 Å². The first-order valence-electron chi connectivity index (χ1n) is 9.10. The summed E-state index contributed by atoms with van der Waals surface area (Å²) in [5.74, 6) is -0.256. The van der Waals surface area contributed by atoms with E-state index in [9.17, 15) is 9.59 Å². The van der Waals surface area contributed by atoms with Crippen molar-refractivity contribution in [1.29, 1.82) is 0 Å². The Morgan fingerprint density at radius 3 is 2.78 bits per heavy atom. The highest BCUT2D eigenvalue weighted by Crippen LogP contribution is 2.32. The number of benzene rings is 1. The number of carbonyl (C=O) groups excluding carboxylic acids is 2. The van der Waals surface area contributed by atoms with Crippen molar-refractivity contribution in [3.05, 3.63) is 53.9 Å². The average Bonchev–Trinajstić information content (AvgIpc) is 3.12. The van der Waals surface area contributed by atoms with E-state index in [-0.39, 0.29) is 11.8 Å². The number of ether oxygens (including phenoxy) is 1.